The molecule has 0 aliphatic carbocycles. The van der Waals surface area contributed by atoms with Gasteiger partial charge in [0.25, 0.3) is 5.78 Å². The van der Waals surface area contributed by atoms with Gasteiger partial charge in [-0.05, 0) is 74.7 Å². The molecule has 9 rings (SSSR count). The average Bonchev–Trinajstić information content (AvgIpc) is 0.857. The Morgan fingerprint density at radius 3 is 0.934 bits per heavy atom. The second kappa shape index (κ2) is 37.6. The van der Waals surface area contributed by atoms with Crippen molar-refractivity contribution in [3.8, 4) is 23.0 Å². The van der Waals surface area contributed by atoms with Gasteiger partial charge in [0.2, 0.25) is 28.9 Å². The second-order valence-electron chi connectivity index (χ2n) is 21.1. The molecule has 0 saturated carbocycles. The first-order valence-corrected chi connectivity index (χ1v) is 31.1. The van der Waals surface area contributed by atoms with Gasteiger partial charge in [0.05, 0.1) is 13.2 Å². The Hall–Kier alpha value is -9.30. The monoisotopic (exact) mass is 1230 g/mol. The largest absolute Gasteiger partial charge is 0.445 e. The van der Waals surface area contributed by atoms with E-state index in [-0.39, 0.29) is 23.1 Å². The highest BCUT2D eigenvalue weighted by molar-refractivity contribution is 6.03. The van der Waals surface area contributed by atoms with E-state index in [9.17, 15) is 19.2 Å². The molecule has 0 spiro atoms. The number of rotatable bonds is 31. The van der Waals surface area contributed by atoms with Gasteiger partial charge in [0.1, 0.15) is 23.0 Å². The fraction of sp³-hybridized carbons (Fsp3) is 0.266. The van der Waals surface area contributed by atoms with Crippen LogP contribution in [0.3, 0.4) is 0 Å². The summed E-state index contributed by atoms with van der Waals surface area (Å²) in [6.45, 7) is 10.8. The molecule has 0 N–H and O–H groups in total. The standard InChI is InChI=1S/C26H20O3.C22H20O3.C20H32O3.C11H14O3/c27-25(21-13-5-1-6-14-21)26(22-15-7-2-8-16-22,28-23-17-9-3-10-18-23)29-24-19-11-4-12-20-24;1-2-22(24-19-14-8-4-9-15-19,25-20-16-10-5-11-17-20)21(23)18-12-6-3-7-13-18;1-4-7-8-12-15-20(22-16-5-2,23-17-6-3)19(21)18-13-10-9-11-14-18;1-11(13-2,14-3)10(12)9-7-5-4-6-8-9/h1-20H;3-17H,2H2,1H3;9-11,13-14H,4-8,12,15-17H2,1-3H3;4-8H,1-3H3. The molecule has 0 fully saturated rings. The van der Waals surface area contributed by atoms with Crippen molar-refractivity contribution in [3.63, 3.8) is 0 Å². The van der Waals surface area contributed by atoms with Crippen molar-refractivity contribution in [1.29, 1.82) is 0 Å². The molecule has 0 aromatic heterocycles. The number of hydrogen-bond acceptors (Lipinski definition) is 12. The van der Waals surface area contributed by atoms with Gasteiger partial charge in [-0.15, -0.1) is 0 Å². The molecular weight excluding hydrogens is 1140 g/mol. The number of ketones is 4. The van der Waals surface area contributed by atoms with Gasteiger partial charge in [0, 0.05) is 54.9 Å². The number of benzene rings is 9. The molecule has 0 heterocycles. The fourth-order valence-electron chi connectivity index (χ4n) is 9.37. The Balaban J connectivity index is 0.000000198. The van der Waals surface area contributed by atoms with Crippen LogP contribution in [0, 0.1) is 0 Å². The number of ether oxygens (including phenoxy) is 8. The van der Waals surface area contributed by atoms with Gasteiger partial charge < -0.3 is 37.9 Å². The number of unbranched alkanes of at least 4 members (excludes halogenated alkanes) is 3. The topological polar surface area (TPSA) is 142 Å². The predicted molar refractivity (Wildman–Crippen MR) is 359 cm³/mol. The summed E-state index contributed by atoms with van der Waals surface area (Å²) in [7, 11) is 2.90. The number of Topliss-reactive ketones (excluding diaryl/α,β-unsaturated/α-hetero) is 4. The van der Waals surface area contributed by atoms with Crippen molar-refractivity contribution in [2.24, 2.45) is 0 Å². The number of methoxy groups -OCH3 is 2. The van der Waals surface area contributed by atoms with E-state index >= 15 is 0 Å². The summed E-state index contributed by atoms with van der Waals surface area (Å²) in [5.74, 6) is -3.88. The van der Waals surface area contributed by atoms with Crippen LogP contribution >= 0.6 is 0 Å². The van der Waals surface area contributed by atoms with Crippen LogP contribution in [0.5, 0.6) is 23.0 Å². The molecule has 12 nitrogen and oxygen atoms in total. The van der Waals surface area contributed by atoms with Crippen LogP contribution in [0.1, 0.15) is 133 Å². The lowest BCUT2D eigenvalue weighted by Crippen LogP contribution is -2.49. The Kier molecular flexibility index (Phi) is 29.3. The third-order valence-electron chi connectivity index (χ3n) is 14.4. The van der Waals surface area contributed by atoms with Crippen molar-refractivity contribution in [2.45, 2.75) is 109 Å². The van der Waals surface area contributed by atoms with E-state index < -0.39 is 23.1 Å². The zero-order valence-electron chi connectivity index (χ0n) is 53.5. The average molecular weight is 1230 g/mol. The van der Waals surface area contributed by atoms with E-state index in [2.05, 4.69) is 20.8 Å². The molecule has 91 heavy (non-hydrogen) atoms. The van der Waals surface area contributed by atoms with Crippen LogP contribution < -0.4 is 18.9 Å². The number of hydrogen-bond donors (Lipinski definition) is 0. The highest BCUT2D eigenvalue weighted by atomic mass is 16.7. The zero-order chi connectivity index (χ0) is 65.1. The first-order chi connectivity index (χ1) is 44.3. The Morgan fingerprint density at radius 2 is 0.615 bits per heavy atom. The van der Waals surface area contributed by atoms with Crippen LogP contribution in [0.2, 0.25) is 0 Å². The molecular formula is C79H86O12. The molecule has 9 aromatic rings. The first kappa shape index (κ1) is 70.8. The highest BCUT2D eigenvalue weighted by Gasteiger charge is 2.47. The lowest BCUT2D eigenvalue weighted by Gasteiger charge is -2.33. The third-order valence-corrected chi connectivity index (χ3v) is 14.4. The molecule has 12 heteroatoms. The molecule has 9 aromatic carbocycles. The van der Waals surface area contributed by atoms with Crippen molar-refractivity contribution < 1.29 is 57.1 Å². The van der Waals surface area contributed by atoms with Crippen LogP contribution in [-0.4, -0.2) is 67.9 Å². The highest BCUT2D eigenvalue weighted by Crippen LogP contribution is 2.36. The van der Waals surface area contributed by atoms with Crippen molar-refractivity contribution in [3.05, 3.63) is 301 Å². The summed E-state index contributed by atoms with van der Waals surface area (Å²) in [6.07, 6.45) is 7.13. The summed E-state index contributed by atoms with van der Waals surface area (Å²) in [5.41, 5.74) is 2.91. The molecule has 0 aliphatic heterocycles. The summed E-state index contributed by atoms with van der Waals surface area (Å²) in [5, 5.41) is 0. The van der Waals surface area contributed by atoms with Gasteiger partial charge in [-0.3, -0.25) is 19.2 Å². The smallest absolute Gasteiger partial charge is 0.344 e. The Bertz CT molecular complexity index is 3370. The molecule has 474 valence electrons. The van der Waals surface area contributed by atoms with Gasteiger partial charge in [-0.25, -0.2) is 0 Å². The molecule has 0 radical (unpaired) electrons. The summed E-state index contributed by atoms with van der Waals surface area (Å²) < 4.78 is 46.9. The predicted octanol–water partition coefficient (Wildman–Crippen LogP) is 18.3. The SMILES string of the molecule is CCC(Oc1ccccc1)(Oc1ccccc1)C(=O)c1ccccc1.CCCCCCC(OCCC)(OCCC)C(=O)c1ccccc1.COC(C)(OC)C(=O)c1ccccc1.O=C(c1ccccc1)C(Oc1ccccc1)(Oc1ccccc1)c1ccccc1. The van der Waals surface area contributed by atoms with Crippen molar-refractivity contribution in [2.75, 3.05) is 27.4 Å². The number of carbonyl (C=O) groups excluding carboxylic acids is 4. The summed E-state index contributed by atoms with van der Waals surface area (Å²) in [4.78, 5) is 52.1. The fourth-order valence-corrected chi connectivity index (χ4v) is 9.37. The molecule has 0 amide bonds. The van der Waals surface area contributed by atoms with Gasteiger partial charge in [0.15, 0.2) is 0 Å². The van der Waals surface area contributed by atoms with E-state index in [4.69, 9.17) is 37.9 Å². The Labute approximate surface area is 538 Å². The van der Waals surface area contributed by atoms with E-state index in [1.807, 2.05) is 231 Å². The summed E-state index contributed by atoms with van der Waals surface area (Å²) >= 11 is 0. The van der Waals surface area contributed by atoms with Crippen molar-refractivity contribution in [1.82, 2.24) is 0 Å². The maximum atomic E-state index is 13.8. The van der Waals surface area contributed by atoms with E-state index in [1.54, 1.807) is 55.5 Å². The second-order valence-corrected chi connectivity index (χ2v) is 21.1. The van der Waals surface area contributed by atoms with Gasteiger partial charge >= 0.3 is 11.6 Å². The van der Waals surface area contributed by atoms with E-state index in [1.165, 1.54) is 27.1 Å². The maximum absolute atomic E-state index is 13.8. The lowest BCUT2D eigenvalue weighted by molar-refractivity contribution is -0.206. The molecule has 0 unspecified atom stereocenters. The first-order valence-electron chi connectivity index (χ1n) is 31.1. The van der Waals surface area contributed by atoms with Crippen LogP contribution in [-0.2, 0) is 24.7 Å². The maximum Gasteiger partial charge on any atom is 0.344 e. The minimum Gasteiger partial charge on any atom is -0.445 e. The molecule has 0 bridgehead atoms. The normalized spacial score (nSPS) is 11.2. The van der Waals surface area contributed by atoms with Crippen molar-refractivity contribution >= 4 is 23.1 Å². The number of carbonyl (C=O) groups is 4. The van der Waals surface area contributed by atoms with Crippen LogP contribution in [0.25, 0.3) is 0 Å². The quantitative estimate of drug-likeness (QED) is 0.0232. The van der Waals surface area contributed by atoms with E-state index in [0.29, 0.717) is 76.9 Å². The van der Waals surface area contributed by atoms with Gasteiger partial charge in [-0.1, -0.05) is 271 Å². The minimum atomic E-state index is -1.68. The van der Waals surface area contributed by atoms with Crippen LogP contribution in [0.4, 0.5) is 0 Å². The molecule has 0 aliphatic rings. The number of para-hydroxylation sites is 4. The minimum absolute atomic E-state index is 0.0449. The van der Waals surface area contributed by atoms with Crippen LogP contribution in [0.15, 0.2) is 273 Å². The zero-order valence-corrected chi connectivity index (χ0v) is 53.5. The molecule has 0 saturated heterocycles. The van der Waals surface area contributed by atoms with Gasteiger partial charge in [-0.2, -0.15) is 0 Å². The lowest BCUT2D eigenvalue weighted by atomic mass is 9.95. The molecule has 0 atom stereocenters. The Morgan fingerprint density at radius 1 is 0.319 bits per heavy atom. The third kappa shape index (κ3) is 20.9. The summed E-state index contributed by atoms with van der Waals surface area (Å²) in [6, 6.07) is 82.8. The van der Waals surface area contributed by atoms with E-state index in [0.717, 1.165) is 25.7 Å².